The molecule has 0 amide bonds. The fourth-order valence-electron chi connectivity index (χ4n) is 2.37. The quantitative estimate of drug-likeness (QED) is 0.687. The number of hydrogen-bond acceptors (Lipinski definition) is 4. The Hall–Kier alpha value is -0.0651. The summed E-state index contributed by atoms with van der Waals surface area (Å²) in [5.74, 6) is 0.487. The van der Waals surface area contributed by atoms with Crippen LogP contribution in [0.25, 0.3) is 0 Å². The van der Waals surface area contributed by atoms with E-state index in [9.17, 15) is 8.42 Å². The van der Waals surface area contributed by atoms with Crippen LogP contribution in [-0.4, -0.2) is 38.2 Å². The lowest BCUT2D eigenvalue weighted by molar-refractivity contribution is 0.00578. The Morgan fingerprint density at radius 1 is 0.889 bits per heavy atom. The highest BCUT2D eigenvalue weighted by Crippen LogP contribution is 2.50. The maximum atomic E-state index is 11.5. The lowest BCUT2D eigenvalue weighted by atomic mass is 9.55. The number of hydrogen-bond donors (Lipinski definition) is 0. The van der Waals surface area contributed by atoms with Crippen LogP contribution in [0.3, 0.4) is 0 Å². The molecule has 2 aliphatic heterocycles. The van der Waals surface area contributed by atoms with Crippen molar-refractivity contribution in [2.45, 2.75) is 64.0 Å². The van der Waals surface area contributed by atoms with Crippen molar-refractivity contribution >= 4 is 17.0 Å². The van der Waals surface area contributed by atoms with Gasteiger partial charge in [-0.05, 0) is 40.5 Å². The van der Waals surface area contributed by atoms with Gasteiger partial charge in [-0.2, -0.15) is 0 Å². The standard InChI is InChI=1S/C12H23BO4S/c1-10(2)11(3,4)17-13(16-10)12(5)6-8-18(14,15)9-7-12/h6-9H2,1-5H3. The van der Waals surface area contributed by atoms with Gasteiger partial charge in [-0.1, -0.05) is 6.92 Å². The van der Waals surface area contributed by atoms with Crippen molar-refractivity contribution in [1.82, 2.24) is 0 Å². The monoisotopic (exact) mass is 274 g/mol. The first-order chi connectivity index (χ1) is 7.98. The zero-order valence-corrected chi connectivity index (χ0v) is 12.8. The molecule has 0 unspecified atom stereocenters. The minimum absolute atomic E-state index is 0.198. The summed E-state index contributed by atoms with van der Waals surface area (Å²) in [6.45, 7) is 10.2. The molecule has 0 spiro atoms. The Kier molecular flexibility index (Phi) is 3.16. The van der Waals surface area contributed by atoms with E-state index in [1.165, 1.54) is 0 Å². The zero-order valence-electron chi connectivity index (χ0n) is 11.9. The van der Waals surface area contributed by atoms with Crippen LogP contribution >= 0.6 is 0 Å². The van der Waals surface area contributed by atoms with Gasteiger partial charge < -0.3 is 9.31 Å². The van der Waals surface area contributed by atoms with Crippen molar-refractivity contribution in [2.75, 3.05) is 11.5 Å². The van der Waals surface area contributed by atoms with Crippen LogP contribution in [0.1, 0.15) is 47.5 Å². The average molecular weight is 274 g/mol. The highest BCUT2D eigenvalue weighted by Gasteiger charge is 2.58. The highest BCUT2D eigenvalue weighted by molar-refractivity contribution is 7.91. The van der Waals surface area contributed by atoms with Crippen LogP contribution in [0.4, 0.5) is 0 Å². The van der Waals surface area contributed by atoms with Crippen LogP contribution in [-0.2, 0) is 19.1 Å². The molecule has 18 heavy (non-hydrogen) atoms. The summed E-state index contributed by atoms with van der Waals surface area (Å²) in [7, 11) is -3.16. The van der Waals surface area contributed by atoms with Gasteiger partial charge in [0.25, 0.3) is 0 Å². The Bertz CT molecular complexity index is 411. The molecule has 0 saturated carbocycles. The molecule has 0 aromatic carbocycles. The fraction of sp³-hybridized carbons (Fsp3) is 1.00. The summed E-state index contributed by atoms with van der Waals surface area (Å²) in [5.41, 5.74) is -0.700. The minimum atomic E-state index is -2.85. The summed E-state index contributed by atoms with van der Waals surface area (Å²) in [6.07, 6.45) is 1.23. The highest BCUT2D eigenvalue weighted by atomic mass is 32.2. The molecule has 6 heteroatoms. The van der Waals surface area contributed by atoms with Gasteiger partial charge in [0.2, 0.25) is 0 Å². The molecular formula is C12H23BO4S. The first kappa shape index (κ1) is 14.3. The Morgan fingerprint density at radius 3 is 1.67 bits per heavy atom. The van der Waals surface area contributed by atoms with Gasteiger partial charge in [0, 0.05) is 5.31 Å². The molecule has 0 radical (unpaired) electrons. The molecule has 2 aliphatic rings. The third-order valence-corrected chi connectivity index (χ3v) is 6.44. The van der Waals surface area contributed by atoms with Gasteiger partial charge in [0.05, 0.1) is 22.7 Å². The predicted octanol–water partition coefficient (Wildman–Crippen LogP) is 2.05. The van der Waals surface area contributed by atoms with Crippen LogP contribution < -0.4 is 0 Å². The van der Waals surface area contributed by atoms with Gasteiger partial charge in [0.1, 0.15) is 9.84 Å². The smallest absolute Gasteiger partial charge is 0.403 e. The zero-order chi connectivity index (χ0) is 13.8. The second-order valence-corrected chi connectivity index (χ2v) is 9.20. The molecule has 0 N–H and O–H groups in total. The largest absolute Gasteiger partial charge is 0.464 e. The predicted molar refractivity (Wildman–Crippen MR) is 72.3 cm³/mol. The molecule has 0 aromatic heterocycles. The second-order valence-electron chi connectivity index (χ2n) is 6.89. The van der Waals surface area contributed by atoms with Gasteiger partial charge in [0.15, 0.2) is 0 Å². The van der Waals surface area contributed by atoms with E-state index >= 15 is 0 Å². The maximum Gasteiger partial charge on any atom is 0.464 e. The fourth-order valence-corrected chi connectivity index (χ4v) is 4.13. The molecule has 4 nitrogen and oxygen atoms in total. The Morgan fingerprint density at radius 2 is 1.28 bits per heavy atom. The van der Waals surface area contributed by atoms with Crippen molar-refractivity contribution in [1.29, 1.82) is 0 Å². The first-order valence-electron chi connectivity index (χ1n) is 6.54. The van der Waals surface area contributed by atoms with Crippen LogP contribution in [0.15, 0.2) is 0 Å². The second kappa shape index (κ2) is 3.96. The molecule has 0 aliphatic carbocycles. The van der Waals surface area contributed by atoms with E-state index in [-0.39, 0.29) is 35.1 Å². The van der Waals surface area contributed by atoms with Gasteiger partial charge in [-0.25, -0.2) is 8.42 Å². The van der Waals surface area contributed by atoms with Crippen molar-refractivity contribution in [3.63, 3.8) is 0 Å². The van der Waals surface area contributed by atoms with Gasteiger partial charge >= 0.3 is 7.12 Å². The number of sulfone groups is 1. The molecule has 2 heterocycles. The van der Waals surface area contributed by atoms with E-state index < -0.39 is 9.84 Å². The van der Waals surface area contributed by atoms with E-state index in [4.69, 9.17) is 9.31 Å². The van der Waals surface area contributed by atoms with Crippen LogP contribution in [0.5, 0.6) is 0 Å². The minimum Gasteiger partial charge on any atom is -0.403 e. The van der Waals surface area contributed by atoms with Crippen molar-refractivity contribution < 1.29 is 17.7 Å². The van der Waals surface area contributed by atoms with Gasteiger partial charge in [-0.3, -0.25) is 0 Å². The van der Waals surface area contributed by atoms with Crippen LogP contribution in [0, 0.1) is 0 Å². The molecule has 2 saturated heterocycles. The van der Waals surface area contributed by atoms with E-state index in [0.29, 0.717) is 12.8 Å². The Labute approximate surface area is 110 Å². The summed E-state index contributed by atoms with van der Waals surface area (Å²) in [6, 6.07) is 0. The average Bonchev–Trinajstić information content (AvgIpc) is 2.42. The lowest BCUT2D eigenvalue weighted by Crippen LogP contribution is -2.41. The van der Waals surface area contributed by atoms with Crippen molar-refractivity contribution in [3.05, 3.63) is 0 Å². The van der Waals surface area contributed by atoms with Gasteiger partial charge in [-0.15, -0.1) is 0 Å². The first-order valence-corrected chi connectivity index (χ1v) is 8.36. The van der Waals surface area contributed by atoms with Crippen molar-refractivity contribution in [2.24, 2.45) is 0 Å². The van der Waals surface area contributed by atoms with Crippen LogP contribution in [0.2, 0.25) is 5.31 Å². The van der Waals surface area contributed by atoms with Crippen molar-refractivity contribution in [3.8, 4) is 0 Å². The molecule has 104 valence electrons. The van der Waals surface area contributed by atoms with E-state index in [2.05, 4.69) is 6.92 Å². The van der Waals surface area contributed by atoms with E-state index in [1.807, 2.05) is 27.7 Å². The lowest BCUT2D eigenvalue weighted by Gasteiger charge is -2.34. The molecular weight excluding hydrogens is 251 g/mol. The maximum absolute atomic E-state index is 11.5. The number of rotatable bonds is 1. The molecule has 0 bridgehead atoms. The third-order valence-electron chi connectivity index (χ3n) is 4.79. The Balaban J connectivity index is 2.15. The summed E-state index contributed by atoms with van der Waals surface area (Å²) in [5, 5.41) is -0.198. The van der Waals surface area contributed by atoms with E-state index in [1.54, 1.807) is 0 Å². The molecule has 0 aromatic rings. The topological polar surface area (TPSA) is 52.6 Å². The normalized spacial score (nSPS) is 32.4. The summed E-state index contributed by atoms with van der Waals surface area (Å²) in [4.78, 5) is 0. The summed E-state index contributed by atoms with van der Waals surface area (Å²) < 4.78 is 35.2. The third kappa shape index (κ3) is 2.34. The molecule has 0 atom stereocenters. The van der Waals surface area contributed by atoms with E-state index in [0.717, 1.165) is 0 Å². The molecule has 2 rings (SSSR count). The SMILES string of the molecule is CC1(B2OC(C)(C)C(C)(C)O2)CCS(=O)(=O)CC1. The summed E-state index contributed by atoms with van der Waals surface area (Å²) >= 11 is 0. The molecule has 2 fully saturated rings.